The van der Waals surface area contributed by atoms with E-state index in [1.165, 1.54) is 0 Å². The zero-order valence-corrected chi connectivity index (χ0v) is 17.5. The highest BCUT2D eigenvalue weighted by atomic mass is 16.5. The summed E-state index contributed by atoms with van der Waals surface area (Å²) in [6.07, 6.45) is 0.330. The molecule has 1 heterocycles. The third kappa shape index (κ3) is 6.27. The van der Waals surface area contributed by atoms with Crippen molar-refractivity contribution in [2.24, 2.45) is 0 Å². The lowest BCUT2D eigenvalue weighted by molar-refractivity contribution is 0.103. The van der Waals surface area contributed by atoms with Crippen molar-refractivity contribution in [3.05, 3.63) is 83.2 Å². The van der Waals surface area contributed by atoms with Crippen molar-refractivity contribution >= 4 is 5.78 Å². The van der Waals surface area contributed by atoms with E-state index in [2.05, 4.69) is 23.4 Å². The Kier molecular flexibility index (Phi) is 7.76. The third-order valence-corrected chi connectivity index (χ3v) is 4.80. The van der Waals surface area contributed by atoms with E-state index >= 15 is 0 Å². The van der Waals surface area contributed by atoms with Crippen molar-refractivity contribution in [1.82, 2.24) is 15.1 Å². The third-order valence-electron chi connectivity index (χ3n) is 4.80. The van der Waals surface area contributed by atoms with Gasteiger partial charge in [-0.15, -0.1) is 0 Å². The fourth-order valence-electron chi connectivity index (χ4n) is 3.23. The number of ether oxygens (including phenoxy) is 1. The molecule has 0 saturated carbocycles. The Balaban J connectivity index is 1.35. The van der Waals surface area contributed by atoms with Crippen LogP contribution < -0.4 is 10.1 Å². The predicted octanol–water partition coefficient (Wildman–Crippen LogP) is 3.15. The molecule has 2 aromatic carbocycles. The number of hydrogen-bond acceptors (Lipinski definition) is 5. The Morgan fingerprint density at radius 1 is 1.10 bits per heavy atom. The van der Waals surface area contributed by atoms with Crippen molar-refractivity contribution in [1.29, 1.82) is 0 Å². The highest BCUT2D eigenvalue weighted by Gasteiger charge is 2.09. The summed E-state index contributed by atoms with van der Waals surface area (Å²) in [5.41, 5.74) is 3.46. The summed E-state index contributed by atoms with van der Waals surface area (Å²) in [5, 5.41) is 17.8. The molecule has 3 rings (SSSR count). The summed E-state index contributed by atoms with van der Waals surface area (Å²) in [6.45, 7) is 6.35. The summed E-state index contributed by atoms with van der Waals surface area (Å²) in [5.74, 6) is 0.607. The summed E-state index contributed by atoms with van der Waals surface area (Å²) in [7, 11) is 0. The van der Waals surface area contributed by atoms with Gasteiger partial charge in [-0.05, 0) is 57.1 Å². The predicted molar refractivity (Wildman–Crippen MR) is 117 cm³/mol. The molecule has 3 aromatic rings. The van der Waals surface area contributed by atoms with Gasteiger partial charge in [0.25, 0.3) is 0 Å². The minimum Gasteiger partial charge on any atom is -0.491 e. The number of aromatic nitrogens is 2. The van der Waals surface area contributed by atoms with Gasteiger partial charge in [-0.1, -0.05) is 30.3 Å². The van der Waals surface area contributed by atoms with E-state index in [4.69, 9.17) is 4.74 Å². The molecule has 1 unspecified atom stereocenters. The van der Waals surface area contributed by atoms with Crippen molar-refractivity contribution in [2.75, 3.05) is 19.7 Å². The van der Waals surface area contributed by atoms with E-state index in [-0.39, 0.29) is 12.4 Å². The molecule has 1 aromatic heterocycles. The molecule has 0 radical (unpaired) electrons. The van der Waals surface area contributed by atoms with Crippen LogP contribution >= 0.6 is 0 Å². The molecule has 158 valence electrons. The van der Waals surface area contributed by atoms with E-state index < -0.39 is 6.10 Å². The van der Waals surface area contributed by atoms with E-state index in [0.29, 0.717) is 23.4 Å². The van der Waals surface area contributed by atoms with E-state index in [0.717, 1.165) is 30.9 Å². The lowest BCUT2D eigenvalue weighted by Crippen LogP contribution is -2.32. The fraction of sp³-hybridized carbons (Fsp3) is 0.333. The monoisotopic (exact) mass is 407 g/mol. The lowest BCUT2D eigenvalue weighted by atomic mass is 10.0. The number of nitrogens with one attached hydrogen (secondary N) is 1. The van der Waals surface area contributed by atoms with Crippen molar-refractivity contribution in [3.8, 4) is 5.75 Å². The quantitative estimate of drug-likeness (QED) is 0.377. The molecule has 0 aliphatic heterocycles. The number of carbonyl (C=O) groups is 1. The van der Waals surface area contributed by atoms with Crippen LogP contribution in [0, 0.1) is 13.8 Å². The maximum Gasteiger partial charge on any atom is 0.193 e. The molecule has 0 amide bonds. The summed E-state index contributed by atoms with van der Waals surface area (Å²) in [6, 6.07) is 18.2. The number of rotatable bonds is 11. The molecular formula is C24H29N3O3. The van der Waals surface area contributed by atoms with Crippen molar-refractivity contribution in [2.45, 2.75) is 32.9 Å². The first kappa shape index (κ1) is 21.7. The Labute approximate surface area is 177 Å². The number of aliphatic hydroxyl groups excluding tert-OH is 1. The lowest BCUT2D eigenvalue weighted by Gasteiger charge is -2.14. The van der Waals surface area contributed by atoms with Gasteiger partial charge in [0.05, 0.1) is 5.69 Å². The second-order valence-electron chi connectivity index (χ2n) is 7.39. The molecule has 1 atom stereocenters. The standard InChI is InChI=1S/C24H29N3O3/c1-18-15-19(2)27(26-18)14-6-13-25-16-22(28)17-30-23-11-9-21(10-12-23)24(29)20-7-4-3-5-8-20/h3-5,7-12,15,22,25,28H,6,13-14,16-17H2,1-2H3. The largest absolute Gasteiger partial charge is 0.491 e. The van der Waals surface area contributed by atoms with E-state index in [1.807, 2.05) is 29.8 Å². The number of aryl methyl sites for hydroxylation is 3. The zero-order chi connectivity index (χ0) is 21.3. The van der Waals surface area contributed by atoms with Crippen LogP contribution in [0.3, 0.4) is 0 Å². The van der Waals surface area contributed by atoms with Crippen LogP contribution in [0.25, 0.3) is 0 Å². The van der Waals surface area contributed by atoms with Gasteiger partial charge >= 0.3 is 0 Å². The molecule has 6 nitrogen and oxygen atoms in total. The SMILES string of the molecule is Cc1cc(C)n(CCCNCC(O)COc2ccc(C(=O)c3ccccc3)cc2)n1. The molecule has 0 spiro atoms. The average molecular weight is 408 g/mol. The molecule has 0 fully saturated rings. The number of aliphatic hydroxyl groups is 1. The van der Waals surface area contributed by atoms with Crippen LogP contribution in [0.5, 0.6) is 5.75 Å². The van der Waals surface area contributed by atoms with Gasteiger partial charge in [-0.25, -0.2) is 0 Å². The van der Waals surface area contributed by atoms with Gasteiger partial charge in [0, 0.05) is 29.9 Å². The number of ketones is 1. The van der Waals surface area contributed by atoms with Crippen LogP contribution in [0.1, 0.15) is 33.7 Å². The maximum absolute atomic E-state index is 12.4. The minimum atomic E-state index is -0.607. The number of nitrogens with zero attached hydrogens (tertiary/aromatic N) is 2. The first-order chi connectivity index (χ1) is 14.5. The first-order valence-electron chi connectivity index (χ1n) is 10.3. The van der Waals surface area contributed by atoms with Crippen molar-refractivity contribution in [3.63, 3.8) is 0 Å². The number of benzene rings is 2. The molecule has 0 bridgehead atoms. The average Bonchev–Trinajstić information content (AvgIpc) is 3.09. The van der Waals surface area contributed by atoms with E-state index in [9.17, 15) is 9.90 Å². The van der Waals surface area contributed by atoms with Gasteiger partial charge in [0.2, 0.25) is 0 Å². The van der Waals surface area contributed by atoms with Crippen LogP contribution in [-0.2, 0) is 6.54 Å². The van der Waals surface area contributed by atoms with Gasteiger partial charge in [0.15, 0.2) is 5.78 Å². The Morgan fingerprint density at radius 3 is 2.47 bits per heavy atom. The molecular weight excluding hydrogens is 378 g/mol. The van der Waals surface area contributed by atoms with Gasteiger partial charge in [0.1, 0.15) is 18.5 Å². The zero-order valence-electron chi connectivity index (χ0n) is 17.5. The Morgan fingerprint density at radius 2 is 1.80 bits per heavy atom. The second kappa shape index (κ2) is 10.7. The van der Waals surface area contributed by atoms with Gasteiger partial charge in [-0.2, -0.15) is 5.10 Å². The number of hydrogen-bond donors (Lipinski definition) is 2. The van der Waals surface area contributed by atoms with Crippen LogP contribution in [0.2, 0.25) is 0 Å². The second-order valence-corrected chi connectivity index (χ2v) is 7.39. The van der Waals surface area contributed by atoms with Crippen LogP contribution in [0.15, 0.2) is 60.7 Å². The highest BCUT2D eigenvalue weighted by Crippen LogP contribution is 2.15. The van der Waals surface area contributed by atoms with Gasteiger partial charge < -0.3 is 15.2 Å². The number of carbonyl (C=O) groups excluding carboxylic acids is 1. The summed E-state index contributed by atoms with van der Waals surface area (Å²) in [4.78, 5) is 12.4. The topological polar surface area (TPSA) is 76.4 Å². The molecule has 0 aliphatic rings. The molecule has 6 heteroatoms. The summed E-state index contributed by atoms with van der Waals surface area (Å²) >= 11 is 0. The van der Waals surface area contributed by atoms with Crippen LogP contribution in [0.4, 0.5) is 0 Å². The summed E-state index contributed by atoms with van der Waals surface area (Å²) < 4.78 is 7.64. The highest BCUT2D eigenvalue weighted by molar-refractivity contribution is 6.08. The molecule has 0 saturated heterocycles. The Bertz CT molecular complexity index is 936. The molecule has 30 heavy (non-hydrogen) atoms. The smallest absolute Gasteiger partial charge is 0.193 e. The first-order valence-corrected chi connectivity index (χ1v) is 10.3. The molecule has 2 N–H and O–H groups in total. The fourth-order valence-corrected chi connectivity index (χ4v) is 3.23. The van der Waals surface area contributed by atoms with E-state index in [1.54, 1.807) is 36.4 Å². The van der Waals surface area contributed by atoms with Crippen molar-refractivity contribution < 1.29 is 14.6 Å². The molecule has 0 aliphatic carbocycles. The maximum atomic E-state index is 12.4. The van der Waals surface area contributed by atoms with Gasteiger partial charge in [-0.3, -0.25) is 9.48 Å². The Hall–Kier alpha value is -2.96. The minimum absolute atomic E-state index is 0.0214. The normalized spacial score (nSPS) is 12.0. The van der Waals surface area contributed by atoms with Crippen LogP contribution in [-0.4, -0.2) is 46.5 Å².